The maximum absolute atomic E-state index is 10.5. The summed E-state index contributed by atoms with van der Waals surface area (Å²) in [5.74, 6) is 0. The smallest absolute Gasteiger partial charge is 0.186 e. The van der Waals surface area contributed by atoms with E-state index in [1.807, 2.05) is 0 Å². The van der Waals surface area contributed by atoms with Crippen molar-refractivity contribution in [3.05, 3.63) is 0 Å². The van der Waals surface area contributed by atoms with Gasteiger partial charge in [-0.15, -0.1) is 0 Å². The molecule has 4 heterocycles. The Balaban J connectivity index is 1.33. The third-order valence-corrected chi connectivity index (χ3v) is 8.53. The molecule has 4 fully saturated rings. The van der Waals surface area contributed by atoms with E-state index in [1.165, 1.54) is 0 Å². The van der Waals surface area contributed by atoms with Crippen molar-refractivity contribution in [2.45, 2.75) is 123 Å². The van der Waals surface area contributed by atoms with Crippen LogP contribution in [0.15, 0.2) is 0 Å². The monoisotopic (exact) mass is 709 g/mol. The number of aliphatic hydroxyl groups is 13. The molecule has 4 aliphatic heterocycles. The lowest BCUT2D eigenvalue weighted by Gasteiger charge is -2.44. The summed E-state index contributed by atoms with van der Waals surface area (Å²) < 4.78 is 43.3. The minimum Gasteiger partial charge on any atom is -0.394 e. The Bertz CT molecular complexity index is 971. The van der Waals surface area contributed by atoms with Gasteiger partial charge in [0.1, 0.15) is 97.7 Å². The molecule has 48 heavy (non-hydrogen) atoms. The minimum absolute atomic E-state index is 0.0459. The molecule has 0 aromatic heterocycles. The van der Waals surface area contributed by atoms with Crippen molar-refractivity contribution >= 4 is 0 Å². The summed E-state index contributed by atoms with van der Waals surface area (Å²) in [6.07, 6.45) is -33.1. The molecule has 15 N–H and O–H groups in total. The zero-order chi connectivity index (χ0) is 35.4. The Kier molecular flexibility index (Phi) is 14.6. The number of rotatable bonds is 13. The van der Waals surface area contributed by atoms with E-state index >= 15 is 0 Å². The lowest BCUT2D eigenvalue weighted by Crippen LogP contribution is -2.63. The Hall–Kier alpha value is -0.880. The molecule has 22 nitrogen and oxygen atoms in total. The second-order valence-corrected chi connectivity index (χ2v) is 11.9. The maximum Gasteiger partial charge on any atom is 0.186 e. The SMILES string of the molecule is NCCO[C@@H]1O[C@H](CO[C@@H]2O[C@H](CO[C@@H]3O[C@H](CO[C@@H]4O[C@H](CO)[C@@H](O)[C@H](O)[C@H]4O)[C@@H](O)[C@H](O)[C@H]3O)[C@@H](O)[C@H](O)[C@H]2O)[C@@H](O)[C@H](O)[C@H]1O. The third kappa shape index (κ3) is 8.76. The molecule has 4 rings (SSSR count). The number of ether oxygens (including phenoxy) is 8. The van der Waals surface area contributed by atoms with E-state index in [2.05, 4.69) is 0 Å². The van der Waals surface area contributed by atoms with Crippen molar-refractivity contribution in [1.29, 1.82) is 0 Å². The molecule has 282 valence electrons. The fourth-order valence-electron chi connectivity index (χ4n) is 5.53. The van der Waals surface area contributed by atoms with Crippen LogP contribution in [0.25, 0.3) is 0 Å². The van der Waals surface area contributed by atoms with Crippen LogP contribution in [-0.4, -0.2) is 229 Å². The van der Waals surface area contributed by atoms with Crippen LogP contribution >= 0.6 is 0 Å². The largest absolute Gasteiger partial charge is 0.394 e. The van der Waals surface area contributed by atoms with Crippen LogP contribution in [0.3, 0.4) is 0 Å². The van der Waals surface area contributed by atoms with E-state index in [0.717, 1.165) is 0 Å². The van der Waals surface area contributed by atoms with Gasteiger partial charge in [-0.1, -0.05) is 0 Å². The zero-order valence-corrected chi connectivity index (χ0v) is 25.4. The molecular formula is C26H47NO21. The summed E-state index contributed by atoms with van der Waals surface area (Å²) in [6.45, 7) is -2.58. The molecular weight excluding hydrogens is 662 g/mol. The van der Waals surface area contributed by atoms with Crippen LogP contribution in [0, 0.1) is 0 Å². The van der Waals surface area contributed by atoms with Gasteiger partial charge in [0.05, 0.1) is 33.0 Å². The Morgan fingerprint density at radius 3 is 0.938 bits per heavy atom. The van der Waals surface area contributed by atoms with Crippen LogP contribution in [0.2, 0.25) is 0 Å². The summed E-state index contributed by atoms with van der Waals surface area (Å²) in [5.41, 5.74) is 5.38. The molecule has 0 aromatic rings. The quantitative estimate of drug-likeness (QED) is 0.0844. The zero-order valence-electron chi connectivity index (χ0n) is 25.4. The minimum atomic E-state index is -1.87. The molecule has 22 heteroatoms. The Labute approximate surface area is 272 Å². The van der Waals surface area contributed by atoms with Crippen molar-refractivity contribution in [2.24, 2.45) is 5.73 Å². The van der Waals surface area contributed by atoms with Crippen LogP contribution in [-0.2, 0) is 37.9 Å². The fourth-order valence-corrected chi connectivity index (χ4v) is 5.53. The van der Waals surface area contributed by atoms with Crippen molar-refractivity contribution < 1.29 is 104 Å². The average molecular weight is 710 g/mol. The van der Waals surface area contributed by atoms with E-state index in [0.29, 0.717) is 0 Å². The van der Waals surface area contributed by atoms with E-state index in [9.17, 15) is 66.4 Å². The number of hydrogen-bond acceptors (Lipinski definition) is 22. The van der Waals surface area contributed by atoms with E-state index < -0.39 is 149 Å². The summed E-state index contributed by atoms with van der Waals surface area (Å²) in [5, 5.41) is 133. The molecule has 0 bridgehead atoms. The summed E-state index contributed by atoms with van der Waals surface area (Å²) >= 11 is 0. The van der Waals surface area contributed by atoms with Gasteiger partial charge in [0.15, 0.2) is 25.2 Å². The molecule has 0 aliphatic carbocycles. The van der Waals surface area contributed by atoms with Gasteiger partial charge < -0.3 is 110 Å². The lowest BCUT2D eigenvalue weighted by molar-refractivity contribution is -0.347. The van der Waals surface area contributed by atoms with Crippen LogP contribution in [0.1, 0.15) is 0 Å². The molecule has 4 saturated heterocycles. The first kappa shape index (κ1) is 39.9. The highest BCUT2D eigenvalue weighted by Gasteiger charge is 2.50. The van der Waals surface area contributed by atoms with Crippen LogP contribution in [0.5, 0.6) is 0 Å². The van der Waals surface area contributed by atoms with Gasteiger partial charge in [-0.25, -0.2) is 0 Å². The third-order valence-electron chi connectivity index (χ3n) is 8.53. The van der Waals surface area contributed by atoms with Crippen LogP contribution < -0.4 is 5.73 Å². The van der Waals surface area contributed by atoms with Crippen molar-refractivity contribution in [1.82, 2.24) is 0 Å². The van der Waals surface area contributed by atoms with E-state index in [1.54, 1.807) is 0 Å². The molecule has 0 unspecified atom stereocenters. The average Bonchev–Trinajstić information content (AvgIpc) is 3.08. The van der Waals surface area contributed by atoms with Crippen molar-refractivity contribution in [3.63, 3.8) is 0 Å². The van der Waals surface area contributed by atoms with Gasteiger partial charge in [0.25, 0.3) is 0 Å². The summed E-state index contributed by atoms with van der Waals surface area (Å²) in [6, 6.07) is 0. The first-order valence-electron chi connectivity index (χ1n) is 15.3. The Morgan fingerprint density at radius 2 is 0.646 bits per heavy atom. The first-order chi connectivity index (χ1) is 22.7. The normalized spacial score (nSPS) is 50.4. The predicted molar refractivity (Wildman–Crippen MR) is 147 cm³/mol. The highest BCUT2D eigenvalue weighted by molar-refractivity contribution is 4.94. The van der Waals surface area contributed by atoms with Gasteiger partial charge in [-0.2, -0.15) is 0 Å². The molecule has 0 aromatic carbocycles. The molecule has 0 saturated carbocycles. The molecule has 0 amide bonds. The second-order valence-electron chi connectivity index (χ2n) is 11.9. The molecule has 20 atom stereocenters. The molecule has 0 radical (unpaired) electrons. The van der Waals surface area contributed by atoms with Crippen LogP contribution in [0.4, 0.5) is 0 Å². The topological polar surface area (TPSA) is 363 Å². The number of nitrogens with two attached hydrogens (primary N) is 1. The highest BCUT2D eigenvalue weighted by atomic mass is 16.8. The molecule has 4 aliphatic rings. The van der Waals surface area contributed by atoms with Gasteiger partial charge in [-0.05, 0) is 0 Å². The first-order valence-corrected chi connectivity index (χ1v) is 15.3. The summed E-state index contributed by atoms with van der Waals surface area (Å²) in [7, 11) is 0. The Morgan fingerprint density at radius 1 is 0.375 bits per heavy atom. The predicted octanol–water partition coefficient (Wildman–Crippen LogP) is -9.77. The van der Waals surface area contributed by atoms with Gasteiger partial charge in [0.2, 0.25) is 0 Å². The lowest BCUT2D eigenvalue weighted by atomic mass is 9.98. The highest BCUT2D eigenvalue weighted by Crippen LogP contribution is 2.29. The van der Waals surface area contributed by atoms with E-state index in [-0.39, 0.29) is 13.2 Å². The standard InChI is InChI=1S/C26H47NO21/c27-1-2-41-23-19(37)16(34)12(30)8(46-23)4-43-25-21(39)18(36)14(32)10(48-25)6-44-26-22(40)17(35)13(31)9(47-26)5-42-24-20(38)15(33)11(29)7(3-28)45-24/h7-26,28-40H,1-6,27H2/t7-,8-,9-,10-,11-,12-,13-,14-,15+,16+,17+,18+,19-,20-,21-,22-,23-,24-,25-,26-/m1/s1. The van der Waals surface area contributed by atoms with Gasteiger partial charge >= 0.3 is 0 Å². The fraction of sp³-hybridized carbons (Fsp3) is 1.00. The van der Waals surface area contributed by atoms with Gasteiger partial charge in [-0.3, -0.25) is 0 Å². The summed E-state index contributed by atoms with van der Waals surface area (Å²) in [4.78, 5) is 0. The van der Waals surface area contributed by atoms with Crippen molar-refractivity contribution in [2.75, 3.05) is 39.6 Å². The number of hydrogen-bond donors (Lipinski definition) is 14. The maximum atomic E-state index is 10.5. The van der Waals surface area contributed by atoms with E-state index in [4.69, 9.17) is 43.6 Å². The molecule has 0 spiro atoms. The second kappa shape index (κ2) is 17.6. The van der Waals surface area contributed by atoms with Gasteiger partial charge in [0, 0.05) is 6.54 Å². The number of aliphatic hydroxyl groups excluding tert-OH is 13. The van der Waals surface area contributed by atoms with Crippen molar-refractivity contribution in [3.8, 4) is 0 Å².